The lowest BCUT2D eigenvalue weighted by atomic mass is 10.1. The number of nitro benzene ring substituents is 1. The van der Waals surface area contributed by atoms with Gasteiger partial charge in [0.25, 0.3) is 5.69 Å². The zero-order valence-corrected chi connectivity index (χ0v) is 14.0. The highest BCUT2D eigenvalue weighted by molar-refractivity contribution is 9.10. The third kappa shape index (κ3) is 3.59. The van der Waals surface area contributed by atoms with Crippen LogP contribution in [0.5, 0.6) is 0 Å². The summed E-state index contributed by atoms with van der Waals surface area (Å²) in [5, 5.41) is 11.2. The molecule has 2 aliphatic rings. The van der Waals surface area contributed by atoms with E-state index in [1.807, 2.05) is 12.1 Å². The summed E-state index contributed by atoms with van der Waals surface area (Å²) in [6.07, 6.45) is 1.15. The highest BCUT2D eigenvalue weighted by Crippen LogP contribution is 2.31. The Morgan fingerprint density at radius 2 is 2.09 bits per heavy atom. The van der Waals surface area contributed by atoms with Gasteiger partial charge in [0.15, 0.2) is 0 Å². The predicted molar refractivity (Wildman–Crippen MR) is 88.4 cm³/mol. The number of benzene rings is 1. The van der Waals surface area contributed by atoms with E-state index in [-0.39, 0.29) is 10.6 Å². The topological polar surface area (TPSA) is 58.9 Å². The second-order valence-corrected chi connectivity index (χ2v) is 6.82. The summed E-state index contributed by atoms with van der Waals surface area (Å²) < 4.78 is 6.16. The van der Waals surface area contributed by atoms with E-state index in [9.17, 15) is 10.1 Å². The quantitative estimate of drug-likeness (QED) is 0.602. The first kappa shape index (κ1) is 15.7. The summed E-state index contributed by atoms with van der Waals surface area (Å²) in [5.41, 5.74) is 0.893. The van der Waals surface area contributed by atoms with E-state index in [1.165, 1.54) is 0 Å². The van der Waals surface area contributed by atoms with Crippen LogP contribution in [0.2, 0.25) is 0 Å². The number of halogens is 1. The van der Waals surface area contributed by atoms with Gasteiger partial charge in [-0.3, -0.25) is 15.0 Å². The molecule has 0 radical (unpaired) electrons. The molecule has 3 rings (SSSR count). The molecule has 0 saturated carbocycles. The van der Waals surface area contributed by atoms with Gasteiger partial charge >= 0.3 is 0 Å². The maximum absolute atomic E-state index is 11.2. The Hall–Kier alpha value is -1.18. The van der Waals surface area contributed by atoms with Crippen molar-refractivity contribution >= 4 is 27.3 Å². The van der Waals surface area contributed by atoms with E-state index in [1.54, 1.807) is 6.07 Å². The summed E-state index contributed by atoms with van der Waals surface area (Å²) in [5.74, 6) is 0.647. The van der Waals surface area contributed by atoms with Gasteiger partial charge in [-0.1, -0.05) is 15.9 Å². The van der Waals surface area contributed by atoms with E-state index in [0.717, 1.165) is 62.5 Å². The molecule has 120 valence electrons. The molecule has 0 spiro atoms. The molecule has 2 aliphatic heterocycles. The number of anilines is 1. The van der Waals surface area contributed by atoms with Crippen molar-refractivity contribution in [3.63, 3.8) is 0 Å². The highest BCUT2D eigenvalue weighted by Gasteiger charge is 2.26. The Balaban J connectivity index is 1.62. The summed E-state index contributed by atoms with van der Waals surface area (Å²) in [4.78, 5) is 15.5. The molecule has 7 heteroatoms. The van der Waals surface area contributed by atoms with Crippen LogP contribution in [-0.4, -0.2) is 55.8 Å². The minimum absolute atomic E-state index is 0.173. The molecule has 1 unspecified atom stereocenters. The Bertz CT molecular complexity index is 541. The molecule has 22 heavy (non-hydrogen) atoms. The number of nitrogens with zero attached hydrogens (tertiary/aromatic N) is 3. The Labute approximate surface area is 138 Å². The normalized spacial score (nSPS) is 23.0. The number of rotatable bonds is 4. The highest BCUT2D eigenvalue weighted by atomic mass is 79.9. The number of hydrogen-bond acceptors (Lipinski definition) is 5. The summed E-state index contributed by atoms with van der Waals surface area (Å²) in [6, 6.07) is 5.28. The van der Waals surface area contributed by atoms with Gasteiger partial charge < -0.3 is 9.64 Å². The van der Waals surface area contributed by atoms with Crippen molar-refractivity contribution in [1.82, 2.24) is 4.90 Å². The zero-order valence-electron chi connectivity index (χ0n) is 12.4. The minimum Gasteiger partial charge on any atom is -0.381 e. The lowest BCUT2D eigenvalue weighted by Crippen LogP contribution is -2.48. The van der Waals surface area contributed by atoms with E-state index >= 15 is 0 Å². The fourth-order valence-corrected chi connectivity index (χ4v) is 3.52. The fourth-order valence-electron chi connectivity index (χ4n) is 3.17. The number of hydrogen-bond donors (Lipinski definition) is 0. The number of nitro groups is 1. The first-order valence-corrected chi connectivity index (χ1v) is 8.42. The smallest absolute Gasteiger partial charge is 0.293 e. The monoisotopic (exact) mass is 369 g/mol. The number of piperazine rings is 1. The number of ether oxygens (including phenoxy) is 1. The van der Waals surface area contributed by atoms with Crippen molar-refractivity contribution in [3.8, 4) is 0 Å². The molecule has 0 bridgehead atoms. The van der Waals surface area contributed by atoms with Crippen LogP contribution in [0, 0.1) is 16.0 Å². The van der Waals surface area contributed by atoms with Crippen molar-refractivity contribution in [2.45, 2.75) is 6.42 Å². The zero-order chi connectivity index (χ0) is 15.5. The first-order valence-electron chi connectivity index (χ1n) is 7.62. The molecule has 2 fully saturated rings. The maximum Gasteiger partial charge on any atom is 0.293 e. The van der Waals surface area contributed by atoms with E-state index in [4.69, 9.17) is 4.74 Å². The first-order chi connectivity index (χ1) is 10.6. The van der Waals surface area contributed by atoms with Crippen molar-refractivity contribution in [3.05, 3.63) is 32.8 Å². The lowest BCUT2D eigenvalue weighted by molar-refractivity contribution is -0.384. The van der Waals surface area contributed by atoms with Gasteiger partial charge in [-0.25, -0.2) is 0 Å². The molecule has 0 amide bonds. The summed E-state index contributed by atoms with van der Waals surface area (Å²) >= 11 is 3.30. The molecule has 1 aromatic carbocycles. The van der Waals surface area contributed by atoms with Crippen LogP contribution in [0.25, 0.3) is 0 Å². The minimum atomic E-state index is -0.303. The second-order valence-electron chi connectivity index (χ2n) is 5.91. The van der Waals surface area contributed by atoms with Crippen LogP contribution in [0.1, 0.15) is 6.42 Å². The van der Waals surface area contributed by atoms with Crippen LogP contribution in [0.3, 0.4) is 0 Å². The van der Waals surface area contributed by atoms with Crippen molar-refractivity contribution in [2.24, 2.45) is 5.92 Å². The summed E-state index contributed by atoms with van der Waals surface area (Å²) in [6.45, 7) is 6.39. The van der Waals surface area contributed by atoms with Gasteiger partial charge in [0.05, 0.1) is 11.5 Å². The molecule has 0 N–H and O–H groups in total. The Morgan fingerprint density at radius 3 is 2.73 bits per heavy atom. The Morgan fingerprint density at radius 1 is 1.32 bits per heavy atom. The molecular weight excluding hydrogens is 350 g/mol. The van der Waals surface area contributed by atoms with Crippen LogP contribution in [0.15, 0.2) is 22.7 Å². The molecule has 1 atom stereocenters. The average Bonchev–Trinajstić information content (AvgIpc) is 3.01. The second kappa shape index (κ2) is 6.93. The van der Waals surface area contributed by atoms with Gasteiger partial charge in [-0.2, -0.15) is 0 Å². The third-order valence-electron chi connectivity index (χ3n) is 4.39. The maximum atomic E-state index is 11.2. The molecular formula is C15H20BrN3O3. The van der Waals surface area contributed by atoms with Gasteiger partial charge in [0.1, 0.15) is 5.69 Å². The van der Waals surface area contributed by atoms with E-state index in [2.05, 4.69) is 25.7 Å². The van der Waals surface area contributed by atoms with Crippen molar-refractivity contribution < 1.29 is 9.66 Å². The molecule has 2 heterocycles. The van der Waals surface area contributed by atoms with E-state index in [0.29, 0.717) is 5.92 Å². The van der Waals surface area contributed by atoms with Crippen LogP contribution in [0.4, 0.5) is 11.4 Å². The third-order valence-corrected chi connectivity index (χ3v) is 4.88. The average molecular weight is 370 g/mol. The standard InChI is InChI=1S/C15H20BrN3O3/c16-13-1-2-14(15(9-13)19(20)21)18-6-4-17(5-7-18)10-12-3-8-22-11-12/h1-2,9,12H,3-8,10-11H2. The Kier molecular flexibility index (Phi) is 4.95. The van der Waals surface area contributed by atoms with Crippen LogP contribution < -0.4 is 4.90 Å². The van der Waals surface area contributed by atoms with Gasteiger partial charge in [-0.15, -0.1) is 0 Å². The molecule has 1 aromatic rings. The molecule has 6 nitrogen and oxygen atoms in total. The van der Waals surface area contributed by atoms with Crippen molar-refractivity contribution in [2.75, 3.05) is 50.8 Å². The SMILES string of the molecule is O=[N+]([O-])c1cc(Br)ccc1N1CCN(CC2CCOC2)CC1. The molecule has 0 aromatic heterocycles. The molecule has 0 aliphatic carbocycles. The predicted octanol–water partition coefficient (Wildman–Crippen LogP) is 2.52. The van der Waals surface area contributed by atoms with E-state index < -0.39 is 0 Å². The van der Waals surface area contributed by atoms with Crippen LogP contribution in [-0.2, 0) is 4.74 Å². The fraction of sp³-hybridized carbons (Fsp3) is 0.600. The van der Waals surface area contributed by atoms with Gasteiger partial charge in [-0.05, 0) is 24.5 Å². The lowest BCUT2D eigenvalue weighted by Gasteiger charge is -2.36. The van der Waals surface area contributed by atoms with Gasteiger partial charge in [0.2, 0.25) is 0 Å². The molecule has 2 saturated heterocycles. The van der Waals surface area contributed by atoms with Gasteiger partial charge in [0, 0.05) is 49.9 Å². The largest absolute Gasteiger partial charge is 0.381 e. The summed E-state index contributed by atoms with van der Waals surface area (Å²) in [7, 11) is 0. The van der Waals surface area contributed by atoms with Crippen LogP contribution >= 0.6 is 15.9 Å². The van der Waals surface area contributed by atoms with Crippen molar-refractivity contribution in [1.29, 1.82) is 0 Å².